The molecule has 0 aliphatic carbocycles. The Kier molecular flexibility index (Phi) is 4.14. The van der Waals surface area contributed by atoms with Crippen molar-refractivity contribution in [3.8, 4) is 0 Å². The van der Waals surface area contributed by atoms with Crippen LogP contribution in [0.1, 0.15) is 11.3 Å². The summed E-state index contributed by atoms with van der Waals surface area (Å²) in [6, 6.07) is 1.64. The Morgan fingerprint density at radius 2 is 2.11 bits per heavy atom. The second kappa shape index (κ2) is 5.35. The fourth-order valence-electron chi connectivity index (χ4n) is 1.38. The predicted molar refractivity (Wildman–Crippen MR) is 79.3 cm³/mol. The van der Waals surface area contributed by atoms with Gasteiger partial charge in [-0.15, -0.1) is 0 Å². The van der Waals surface area contributed by atoms with Crippen LogP contribution in [0.5, 0.6) is 0 Å². The first-order valence-electron chi connectivity index (χ1n) is 5.07. The third kappa shape index (κ3) is 3.25. The summed E-state index contributed by atoms with van der Waals surface area (Å²) in [6.07, 6.45) is 1.54. The zero-order valence-electron chi connectivity index (χ0n) is 9.94. The highest BCUT2D eigenvalue weighted by Crippen LogP contribution is 2.28. The average molecular weight is 383 g/mol. The van der Waals surface area contributed by atoms with Crippen LogP contribution in [0, 0.1) is 13.8 Å². The lowest BCUT2D eigenvalue weighted by molar-refractivity contribution is 0.602. The average Bonchev–Trinajstić information content (AvgIpc) is 2.63. The van der Waals surface area contributed by atoms with Gasteiger partial charge in [-0.2, -0.15) is 0 Å². The van der Waals surface area contributed by atoms with Gasteiger partial charge in [-0.1, -0.05) is 22.9 Å². The SMILES string of the molecule is Cc1cc(NS(=O)(=O)c2sc(Cl)nc2C)ncc1Br. The minimum atomic E-state index is -3.71. The van der Waals surface area contributed by atoms with Crippen molar-refractivity contribution in [3.63, 3.8) is 0 Å². The van der Waals surface area contributed by atoms with E-state index in [2.05, 4.69) is 30.6 Å². The molecule has 0 amide bonds. The van der Waals surface area contributed by atoms with Gasteiger partial charge in [-0.3, -0.25) is 4.72 Å². The molecule has 0 aromatic carbocycles. The zero-order chi connectivity index (χ0) is 14.2. The van der Waals surface area contributed by atoms with E-state index in [1.54, 1.807) is 19.2 Å². The number of halogens is 2. The third-order valence-electron chi connectivity index (χ3n) is 2.26. The van der Waals surface area contributed by atoms with E-state index in [4.69, 9.17) is 11.6 Å². The fraction of sp³-hybridized carbons (Fsp3) is 0.200. The van der Waals surface area contributed by atoms with E-state index in [-0.39, 0.29) is 14.5 Å². The third-order valence-corrected chi connectivity index (χ3v) is 6.31. The summed E-state index contributed by atoms with van der Waals surface area (Å²) in [5.74, 6) is 0.254. The van der Waals surface area contributed by atoms with Crippen molar-refractivity contribution < 1.29 is 8.42 Å². The predicted octanol–water partition coefficient (Wildman–Crippen LogP) is 3.37. The fourth-order valence-corrected chi connectivity index (χ4v) is 4.34. The van der Waals surface area contributed by atoms with Crippen molar-refractivity contribution in [1.82, 2.24) is 9.97 Å². The number of hydrogen-bond acceptors (Lipinski definition) is 5. The summed E-state index contributed by atoms with van der Waals surface area (Å²) in [4.78, 5) is 7.89. The van der Waals surface area contributed by atoms with Gasteiger partial charge in [0.2, 0.25) is 0 Å². The minimum absolute atomic E-state index is 0.0971. The molecule has 0 spiro atoms. The molecule has 9 heteroatoms. The number of nitrogens with zero attached hydrogens (tertiary/aromatic N) is 2. The Labute approximate surface area is 128 Å². The Bertz CT molecular complexity index is 730. The summed E-state index contributed by atoms with van der Waals surface area (Å²) in [6.45, 7) is 3.44. The number of pyridine rings is 1. The van der Waals surface area contributed by atoms with Crippen LogP contribution in [-0.2, 0) is 10.0 Å². The number of nitrogens with one attached hydrogen (secondary N) is 1. The maximum absolute atomic E-state index is 12.2. The number of sulfonamides is 1. The second-order valence-corrected chi connectivity index (χ2v) is 8.08. The number of aryl methyl sites for hydroxylation is 2. The summed E-state index contributed by atoms with van der Waals surface area (Å²) in [5.41, 5.74) is 1.25. The Morgan fingerprint density at radius 1 is 1.42 bits per heavy atom. The van der Waals surface area contributed by atoms with E-state index in [1.807, 2.05) is 6.92 Å². The number of thiazole rings is 1. The van der Waals surface area contributed by atoms with Crippen LogP contribution in [0.25, 0.3) is 0 Å². The van der Waals surface area contributed by atoms with Gasteiger partial charge >= 0.3 is 0 Å². The molecule has 2 aromatic heterocycles. The van der Waals surface area contributed by atoms with Crippen LogP contribution < -0.4 is 4.72 Å². The van der Waals surface area contributed by atoms with Gasteiger partial charge in [0.05, 0.1) is 5.69 Å². The normalized spacial score (nSPS) is 11.6. The van der Waals surface area contributed by atoms with Crippen LogP contribution in [0.4, 0.5) is 5.82 Å². The van der Waals surface area contributed by atoms with Crippen molar-refractivity contribution in [2.45, 2.75) is 18.1 Å². The first-order valence-corrected chi connectivity index (χ1v) is 8.54. The molecule has 0 aliphatic heterocycles. The minimum Gasteiger partial charge on any atom is -0.263 e. The van der Waals surface area contributed by atoms with Crippen molar-refractivity contribution in [2.24, 2.45) is 0 Å². The number of anilines is 1. The van der Waals surface area contributed by atoms with Crippen molar-refractivity contribution >= 4 is 54.7 Å². The quantitative estimate of drug-likeness (QED) is 0.883. The Hall–Kier alpha value is -0.700. The van der Waals surface area contributed by atoms with E-state index in [0.29, 0.717) is 5.69 Å². The first kappa shape index (κ1) is 14.7. The monoisotopic (exact) mass is 381 g/mol. The molecule has 0 saturated heterocycles. The van der Waals surface area contributed by atoms with E-state index in [0.717, 1.165) is 21.4 Å². The maximum Gasteiger partial charge on any atom is 0.274 e. The molecule has 102 valence electrons. The molecule has 0 fully saturated rings. The lowest BCUT2D eigenvalue weighted by Gasteiger charge is -2.07. The highest BCUT2D eigenvalue weighted by molar-refractivity contribution is 9.10. The van der Waals surface area contributed by atoms with Crippen LogP contribution in [0.3, 0.4) is 0 Å². The van der Waals surface area contributed by atoms with Gasteiger partial charge in [0, 0.05) is 10.7 Å². The summed E-state index contributed by atoms with van der Waals surface area (Å²) in [5, 5.41) is 0. The van der Waals surface area contributed by atoms with Gasteiger partial charge in [-0.05, 0) is 41.4 Å². The maximum atomic E-state index is 12.2. The number of aromatic nitrogens is 2. The second-order valence-electron chi connectivity index (χ2n) is 3.76. The van der Waals surface area contributed by atoms with Crippen molar-refractivity contribution in [1.29, 1.82) is 0 Å². The molecule has 2 rings (SSSR count). The van der Waals surface area contributed by atoms with Crippen LogP contribution >= 0.6 is 38.9 Å². The number of rotatable bonds is 3. The van der Waals surface area contributed by atoms with Gasteiger partial charge in [0.15, 0.2) is 8.68 Å². The molecule has 2 heterocycles. The Morgan fingerprint density at radius 3 is 2.63 bits per heavy atom. The molecular weight excluding hydrogens is 374 g/mol. The lowest BCUT2D eigenvalue weighted by atomic mass is 10.3. The molecule has 0 aliphatic rings. The van der Waals surface area contributed by atoms with Crippen molar-refractivity contribution in [2.75, 3.05) is 4.72 Å². The highest BCUT2D eigenvalue weighted by atomic mass is 79.9. The van der Waals surface area contributed by atoms with Gasteiger partial charge in [0.25, 0.3) is 10.0 Å². The lowest BCUT2D eigenvalue weighted by Crippen LogP contribution is -2.13. The molecule has 0 bridgehead atoms. The molecule has 19 heavy (non-hydrogen) atoms. The molecule has 5 nitrogen and oxygen atoms in total. The van der Waals surface area contributed by atoms with Gasteiger partial charge in [-0.25, -0.2) is 18.4 Å². The molecule has 2 aromatic rings. The highest BCUT2D eigenvalue weighted by Gasteiger charge is 2.22. The zero-order valence-corrected chi connectivity index (χ0v) is 13.9. The number of hydrogen-bond donors (Lipinski definition) is 1. The topological polar surface area (TPSA) is 72.0 Å². The standard InChI is InChI=1S/C10H9BrClN3O2S2/c1-5-3-8(13-4-7(5)11)15-19(16,17)9-6(2)14-10(12)18-9/h3-4H,1-2H3,(H,13,15). The van der Waals surface area contributed by atoms with Gasteiger partial charge < -0.3 is 0 Å². The smallest absolute Gasteiger partial charge is 0.263 e. The van der Waals surface area contributed by atoms with E-state index in [1.165, 1.54) is 0 Å². The van der Waals surface area contributed by atoms with Crippen molar-refractivity contribution in [3.05, 3.63) is 32.5 Å². The van der Waals surface area contributed by atoms with E-state index in [9.17, 15) is 8.42 Å². The molecule has 0 radical (unpaired) electrons. The van der Waals surface area contributed by atoms with Gasteiger partial charge in [0.1, 0.15) is 5.82 Å². The molecule has 0 saturated carbocycles. The first-order chi connectivity index (χ1) is 8.79. The summed E-state index contributed by atoms with van der Waals surface area (Å²) >= 11 is 9.93. The largest absolute Gasteiger partial charge is 0.274 e. The van der Waals surface area contributed by atoms with E-state index >= 15 is 0 Å². The van der Waals surface area contributed by atoms with Crippen LogP contribution in [0.15, 0.2) is 20.9 Å². The summed E-state index contributed by atoms with van der Waals surface area (Å²) in [7, 11) is -3.71. The molecule has 0 unspecified atom stereocenters. The molecule has 1 N–H and O–H groups in total. The molecule has 0 atom stereocenters. The van der Waals surface area contributed by atoms with E-state index < -0.39 is 10.0 Å². The summed E-state index contributed by atoms with van der Waals surface area (Å²) < 4.78 is 27.9. The van der Waals surface area contributed by atoms with Crippen LogP contribution in [-0.4, -0.2) is 18.4 Å². The van der Waals surface area contributed by atoms with Crippen LogP contribution in [0.2, 0.25) is 4.47 Å². The molecular formula is C10H9BrClN3O2S2. The Balaban J connectivity index is 2.36.